The van der Waals surface area contributed by atoms with Crippen molar-refractivity contribution in [3.63, 3.8) is 0 Å². The van der Waals surface area contributed by atoms with Crippen LogP contribution in [0, 0.1) is 0 Å². The van der Waals surface area contributed by atoms with E-state index >= 15 is 0 Å². The highest BCUT2D eigenvalue weighted by molar-refractivity contribution is 7.99. The minimum absolute atomic E-state index is 0.266. The Kier molecular flexibility index (Phi) is 8.11. The molecule has 0 bridgehead atoms. The Bertz CT molecular complexity index is 962. The fourth-order valence-electron chi connectivity index (χ4n) is 3.60. The van der Waals surface area contributed by atoms with Gasteiger partial charge < -0.3 is 9.64 Å². The number of hydrogen-bond acceptors (Lipinski definition) is 6. The van der Waals surface area contributed by atoms with E-state index in [9.17, 15) is 4.79 Å². The van der Waals surface area contributed by atoms with Crippen LogP contribution in [0.1, 0.15) is 11.1 Å². The molecule has 0 unspecified atom stereocenters. The van der Waals surface area contributed by atoms with Crippen LogP contribution in [-0.4, -0.2) is 64.3 Å². The quantitative estimate of drug-likeness (QED) is 0.482. The second-order valence-corrected chi connectivity index (χ2v) is 8.90. The van der Waals surface area contributed by atoms with Gasteiger partial charge in [-0.25, -0.2) is 4.79 Å². The van der Waals surface area contributed by atoms with Gasteiger partial charge in [-0.15, -0.1) is 11.8 Å². The summed E-state index contributed by atoms with van der Waals surface area (Å²) >= 11 is 1.81. The highest BCUT2D eigenvalue weighted by Crippen LogP contribution is 2.20. The molecular formula is C25H28N4O2S. The minimum atomic E-state index is -0.266. The maximum atomic E-state index is 12.5. The number of aryl methyl sites for hydroxylation is 1. The fraction of sp³-hybridized carbons (Fsp3) is 0.320. The molecule has 0 spiro atoms. The van der Waals surface area contributed by atoms with Gasteiger partial charge in [-0.3, -0.25) is 14.9 Å². The Morgan fingerprint density at radius 3 is 2.38 bits per heavy atom. The third-order valence-corrected chi connectivity index (χ3v) is 6.52. The zero-order valence-corrected chi connectivity index (χ0v) is 18.9. The monoisotopic (exact) mass is 448 g/mol. The molecule has 1 saturated heterocycles. The standard InChI is InChI=1S/C25H28N4O2S/c30-25(29-17-15-28(16-18-29)14-9-22-2-1-11-27-20-22)31-23-5-3-21(4-6-23)10-19-32-24-7-12-26-13-8-24/h1-8,11-13,20H,9-10,14-19H2. The molecule has 1 aromatic carbocycles. The van der Waals surface area contributed by atoms with Crippen molar-refractivity contribution >= 4 is 17.9 Å². The number of ether oxygens (including phenoxy) is 1. The number of carbonyl (C=O) groups is 1. The number of rotatable bonds is 8. The molecule has 0 aliphatic carbocycles. The highest BCUT2D eigenvalue weighted by Gasteiger charge is 2.22. The number of benzene rings is 1. The topological polar surface area (TPSA) is 58.6 Å². The van der Waals surface area contributed by atoms with Gasteiger partial charge in [0.05, 0.1) is 0 Å². The van der Waals surface area contributed by atoms with Crippen molar-refractivity contribution in [3.05, 3.63) is 84.4 Å². The minimum Gasteiger partial charge on any atom is -0.410 e. The summed E-state index contributed by atoms with van der Waals surface area (Å²) in [5, 5.41) is 0. The predicted molar refractivity (Wildman–Crippen MR) is 127 cm³/mol. The highest BCUT2D eigenvalue weighted by atomic mass is 32.2. The third kappa shape index (κ3) is 6.80. The van der Waals surface area contributed by atoms with E-state index in [0.29, 0.717) is 18.8 Å². The van der Waals surface area contributed by atoms with Crippen LogP contribution in [0.3, 0.4) is 0 Å². The number of nitrogens with zero attached hydrogens (tertiary/aromatic N) is 4. The second kappa shape index (κ2) is 11.6. The Hall–Kier alpha value is -2.90. The molecule has 7 heteroatoms. The first-order valence-electron chi connectivity index (χ1n) is 11.0. The summed E-state index contributed by atoms with van der Waals surface area (Å²) in [7, 11) is 0. The molecule has 1 aliphatic rings. The van der Waals surface area contributed by atoms with Gasteiger partial charge in [0.2, 0.25) is 0 Å². The van der Waals surface area contributed by atoms with Crippen molar-refractivity contribution in [1.82, 2.24) is 19.8 Å². The Balaban J connectivity index is 1.16. The lowest BCUT2D eigenvalue weighted by molar-refractivity contribution is 0.111. The number of pyridine rings is 2. The summed E-state index contributed by atoms with van der Waals surface area (Å²) in [6, 6.07) is 16.0. The molecule has 1 fully saturated rings. The summed E-state index contributed by atoms with van der Waals surface area (Å²) < 4.78 is 5.60. The van der Waals surface area contributed by atoms with E-state index in [4.69, 9.17) is 4.74 Å². The first-order valence-corrected chi connectivity index (χ1v) is 11.9. The molecule has 0 N–H and O–H groups in total. The molecule has 166 valence electrons. The second-order valence-electron chi connectivity index (χ2n) is 7.73. The molecule has 1 amide bonds. The van der Waals surface area contributed by atoms with E-state index in [1.807, 2.05) is 72.8 Å². The van der Waals surface area contributed by atoms with E-state index < -0.39 is 0 Å². The van der Waals surface area contributed by atoms with Gasteiger partial charge in [0, 0.05) is 68.2 Å². The SMILES string of the molecule is O=C(Oc1ccc(CCSc2ccncc2)cc1)N1CCN(CCc2cccnc2)CC1. The summed E-state index contributed by atoms with van der Waals surface area (Å²) in [6.07, 6.45) is 9.01. The van der Waals surface area contributed by atoms with Gasteiger partial charge in [-0.1, -0.05) is 18.2 Å². The molecule has 1 aliphatic heterocycles. The Labute approximate surface area is 193 Å². The molecule has 0 radical (unpaired) electrons. The van der Waals surface area contributed by atoms with E-state index in [2.05, 4.69) is 20.9 Å². The normalized spacial score (nSPS) is 14.3. The van der Waals surface area contributed by atoms with Crippen LogP contribution in [0.25, 0.3) is 0 Å². The van der Waals surface area contributed by atoms with Gasteiger partial charge in [-0.05, 0) is 54.3 Å². The third-order valence-electron chi connectivity index (χ3n) is 5.51. The van der Waals surface area contributed by atoms with Gasteiger partial charge in [0.1, 0.15) is 5.75 Å². The van der Waals surface area contributed by atoms with Crippen LogP contribution in [0.2, 0.25) is 0 Å². The summed E-state index contributed by atoms with van der Waals surface area (Å²) in [6.45, 7) is 4.09. The summed E-state index contributed by atoms with van der Waals surface area (Å²) in [4.78, 5) is 26.1. The molecule has 4 rings (SSSR count). The molecule has 6 nitrogen and oxygen atoms in total. The lowest BCUT2D eigenvalue weighted by Gasteiger charge is -2.34. The van der Waals surface area contributed by atoms with Crippen molar-refractivity contribution in [3.8, 4) is 5.75 Å². The summed E-state index contributed by atoms with van der Waals surface area (Å²) in [5.74, 6) is 1.59. The zero-order valence-electron chi connectivity index (χ0n) is 18.1. The molecule has 0 atom stereocenters. The van der Waals surface area contributed by atoms with Crippen molar-refractivity contribution in [2.45, 2.75) is 17.7 Å². The van der Waals surface area contributed by atoms with Crippen LogP contribution in [0.15, 0.2) is 78.2 Å². The summed E-state index contributed by atoms with van der Waals surface area (Å²) in [5.41, 5.74) is 2.47. The largest absolute Gasteiger partial charge is 0.415 e. The maximum absolute atomic E-state index is 12.5. The number of aromatic nitrogens is 2. The molecule has 3 aromatic rings. The van der Waals surface area contributed by atoms with Crippen LogP contribution in [0.4, 0.5) is 4.79 Å². The number of piperazine rings is 1. The van der Waals surface area contributed by atoms with Crippen molar-refractivity contribution in [2.24, 2.45) is 0 Å². The smallest absolute Gasteiger partial charge is 0.410 e. The molecule has 32 heavy (non-hydrogen) atoms. The first-order chi connectivity index (χ1) is 15.8. The number of carbonyl (C=O) groups excluding carboxylic acids is 1. The number of amides is 1. The lowest BCUT2D eigenvalue weighted by Crippen LogP contribution is -2.49. The fourth-order valence-corrected chi connectivity index (χ4v) is 4.49. The maximum Gasteiger partial charge on any atom is 0.415 e. The van der Waals surface area contributed by atoms with Gasteiger partial charge >= 0.3 is 6.09 Å². The van der Waals surface area contributed by atoms with Crippen molar-refractivity contribution in [2.75, 3.05) is 38.5 Å². The van der Waals surface area contributed by atoms with Crippen LogP contribution < -0.4 is 4.74 Å². The predicted octanol–water partition coefficient (Wildman–Crippen LogP) is 4.17. The zero-order chi connectivity index (χ0) is 22.0. The molecular weight excluding hydrogens is 420 g/mol. The van der Waals surface area contributed by atoms with Crippen LogP contribution >= 0.6 is 11.8 Å². The van der Waals surface area contributed by atoms with E-state index in [0.717, 1.165) is 38.2 Å². The van der Waals surface area contributed by atoms with Crippen molar-refractivity contribution < 1.29 is 9.53 Å². The number of thioether (sulfide) groups is 1. The molecule has 0 saturated carbocycles. The van der Waals surface area contributed by atoms with Crippen LogP contribution in [-0.2, 0) is 12.8 Å². The lowest BCUT2D eigenvalue weighted by atomic mass is 10.2. The van der Waals surface area contributed by atoms with Gasteiger partial charge in [0.25, 0.3) is 0 Å². The Morgan fingerprint density at radius 2 is 1.66 bits per heavy atom. The first kappa shape index (κ1) is 22.3. The van der Waals surface area contributed by atoms with Crippen molar-refractivity contribution in [1.29, 1.82) is 0 Å². The van der Waals surface area contributed by atoms with E-state index in [-0.39, 0.29) is 6.09 Å². The molecule has 3 heterocycles. The van der Waals surface area contributed by atoms with E-state index in [1.54, 1.807) is 11.1 Å². The van der Waals surface area contributed by atoms with Crippen LogP contribution in [0.5, 0.6) is 5.75 Å². The number of hydrogen-bond donors (Lipinski definition) is 0. The van der Waals surface area contributed by atoms with Gasteiger partial charge in [0.15, 0.2) is 0 Å². The van der Waals surface area contributed by atoms with Gasteiger partial charge in [-0.2, -0.15) is 0 Å². The average Bonchev–Trinajstić information content (AvgIpc) is 2.85. The Morgan fingerprint density at radius 1 is 0.875 bits per heavy atom. The average molecular weight is 449 g/mol. The molecule has 2 aromatic heterocycles. The van der Waals surface area contributed by atoms with E-state index in [1.165, 1.54) is 16.0 Å².